The van der Waals surface area contributed by atoms with Crippen molar-refractivity contribution < 1.29 is 19.1 Å². The Morgan fingerprint density at radius 3 is 2.20 bits per heavy atom. The highest BCUT2D eigenvalue weighted by Crippen LogP contribution is 2.45. The van der Waals surface area contributed by atoms with Crippen LogP contribution in [-0.4, -0.2) is 44.8 Å². The van der Waals surface area contributed by atoms with Crippen LogP contribution >= 0.6 is 0 Å². The van der Waals surface area contributed by atoms with E-state index in [4.69, 9.17) is 9.53 Å². The molecular weight excluding hydrogens is 574 g/mol. The molecule has 2 aliphatic rings. The summed E-state index contributed by atoms with van der Waals surface area (Å²) in [6, 6.07) is 14.8. The lowest BCUT2D eigenvalue weighted by Gasteiger charge is -2.29. The minimum Gasteiger partial charge on any atom is -0.490 e. The molecule has 0 spiro atoms. The maximum Gasteiger partial charge on any atom is 0.224 e. The number of ether oxygens (including phenoxy) is 1. The van der Waals surface area contributed by atoms with Crippen LogP contribution in [0.2, 0.25) is 0 Å². The van der Waals surface area contributed by atoms with E-state index in [0.29, 0.717) is 12.3 Å². The summed E-state index contributed by atoms with van der Waals surface area (Å²) in [6.45, 7) is 20.7. The third-order valence-electron chi connectivity index (χ3n) is 8.81. The second-order valence-corrected chi connectivity index (χ2v) is 12.2. The lowest BCUT2D eigenvalue weighted by molar-refractivity contribution is -0.126. The number of carbonyl (C=O) groups is 3. The van der Waals surface area contributed by atoms with E-state index < -0.39 is 0 Å². The van der Waals surface area contributed by atoms with Gasteiger partial charge in [0.25, 0.3) is 0 Å². The van der Waals surface area contributed by atoms with Gasteiger partial charge in [0.2, 0.25) is 11.8 Å². The number of carbonyl (C=O) groups excluding carboxylic acids is 3. The third kappa shape index (κ3) is 12.7. The largest absolute Gasteiger partial charge is 0.490 e. The van der Waals surface area contributed by atoms with Crippen molar-refractivity contribution in [3.63, 3.8) is 0 Å². The van der Waals surface area contributed by atoms with Crippen LogP contribution in [-0.2, 0) is 20.8 Å². The van der Waals surface area contributed by atoms with Gasteiger partial charge in [0.1, 0.15) is 18.6 Å². The lowest BCUT2D eigenvalue weighted by atomic mass is 9.76. The molecule has 2 aromatic rings. The zero-order valence-electron chi connectivity index (χ0n) is 30.0. The van der Waals surface area contributed by atoms with E-state index in [1.807, 2.05) is 45.8 Å². The minimum absolute atomic E-state index is 0.000854. The highest BCUT2D eigenvalue weighted by Gasteiger charge is 2.31. The first-order chi connectivity index (χ1) is 22.2. The number of rotatable bonds is 11. The van der Waals surface area contributed by atoms with Crippen molar-refractivity contribution in [1.82, 2.24) is 10.6 Å². The fourth-order valence-corrected chi connectivity index (χ4v) is 5.96. The zero-order valence-corrected chi connectivity index (χ0v) is 30.0. The Hall–Kier alpha value is -3.45. The summed E-state index contributed by atoms with van der Waals surface area (Å²) in [7, 11) is 3.18. The van der Waals surface area contributed by atoms with Crippen LogP contribution in [0.15, 0.2) is 55.6 Å². The molecule has 0 radical (unpaired) electrons. The quantitative estimate of drug-likeness (QED) is 0.216. The summed E-state index contributed by atoms with van der Waals surface area (Å²) in [5.74, 6) is 1.56. The summed E-state index contributed by atoms with van der Waals surface area (Å²) < 4.78 is 6.69. The first-order valence-corrected chi connectivity index (χ1v) is 17.0. The highest BCUT2D eigenvalue weighted by molar-refractivity contribution is 5.85. The van der Waals surface area contributed by atoms with Crippen molar-refractivity contribution in [2.75, 3.05) is 14.1 Å². The Bertz CT molecular complexity index is 1160. The number of nitrogens with one attached hydrogen (secondary N) is 2. The predicted octanol–water partition coefficient (Wildman–Crippen LogP) is 8.01. The summed E-state index contributed by atoms with van der Waals surface area (Å²) in [6.07, 6.45) is 8.63. The average molecular weight is 638 g/mol. The molecule has 7 heteroatoms. The number of hydrogen-bond acceptors (Lipinski definition) is 5. The molecule has 7 nitrogen and oxygen atoms in total. The molecule has 2 aromatic carbocycles. The van der Waals surface area contributed by atoms with Crippen LogP contribution in [0.3, 0.4) is 0 Å². The van der Waals surface area contributed by atoms with Gasteiger partial charge in [-0.05, 0) is 73.2 Å². The van der Waals surface area contributed by atoms with Gasteiger partial charge in [-0.1, -0.05) is 90.8 Å². The first kappa shape index (κ1) is 42.6. The van der Waals surface area contributed by atoms with Gasteiger partial charge in [0.05, 0.1) is 6.42 Å². The predicted molar refractivity (Wildman–Crippen MR) is 194 cm³/mol. The van der Waals surface area contributed by atoms with Gasteiger partial charge in [0.15, 0.2) is 0 Å². The number of likely N-dealkylation sites (N-methyl/N-ethyl adjacent to an activating group) is 1. The third-order valence-corrected chi connectivity index (χ3v) is 8.81. The number of amides is 2. The summed E-state index contributed by atoms with van der Waals surface area (Å²) in [5, 5.41) is 6.08. The van der Waals surface area contributed by atoms with E-state index in [2.05, 4.69) is 74.6 Å². The molecule has 2 saturated carbocycles. The molecule has 2 amide bonds. The molecule has 3 atom stereocenters. The molecule has 2 aliphatic carbocycles. The van der Waals surface area contributed by atoms with Crippen LogP contribution in [0.1, 0.15) is 110 Å². The smallest absolute Gasteiger partial charge is 0.224 e. The maximum atomic E-state index is 12.9. The Kier molecular flexibility index (Phi) is 21.2. The van der Waals surface area contributed by atoms with Gasteiger partial charge in [0, 0.05) is 31.0 Å². The second-order valence-electron chi connectivity index (χ2n) is 12.2. The highest BCUT2D eigenvalue weighted by atomic mass is 16.5. The van der Waals surface area contributed by atoms with Crippen molar-refractivity contribution in [2.45, 2.75) is 117 Å². The molecule has 0 aromatic heterocycles. The molecule has 258 valence electrons. The van der Waals surface area contributed by atoms with Crippen LogP contribution in [0.25, 0.3) is 11.1 Å². The first-order valence-electron chi connectivity index (χ1n) is 17.0. The van der Waals surface area contributed by atoms with Gasteiger partial charge in [-0.25, -0.2) is 0 Å². The van der Waals surface area contributed by atoms with Crippen LogP contribution < -0.4 is 21.1 Å². The molecule has 4 N–H and O–H groups in total. The monoisotopic (exact) mass is 637 g/mol. The Labute approximate surface area is 280 Å². The van der Waals surface area contributed by atoms with Crippen molar-refractivity contribution in [3.8, 4) is 16.9 Å². The minimum atomic E-state index is -0.00598. The van der Waals surface area contributed by atoms with E-state index >= 15 is 0 Å². The van der Waals surface area contributed by atoms with Gasteiger partial charge < -0.3 is 25.9 Å². The average Bonchev–Trinajstić information content (AvgIpc) is 3.50. The van der Waals surface area contributed by atoms with E-state index in [9.17, 15) is 9.59 Å². The van der Waals surface area contributed by atoms with E-state index in [1.54, 1.807) is 7.05 Å². The normalized spacial score (nSPS) is 17.3. The molecule has 0 bridgehead atoms. The summed E-state index contributed by atoms with van der Waals surface area (Å²) >= 11 is 0. The van der Waals surface area contributed by atoms with Crippen LogP contribution in [0.5, 0.6) is 5.75 Å². The van der Waals surface area contributed by atoms with Crippen molar-refractivity contribution in [1.29, 1.82) is 0 Å². The second kappa shape index (κ2) is 23.0. The van der Waals surface area contributed by atoms with Crippen molar-refractivity contribution >= 4 is 18.6 Å². The molecular formula is C39H63N3O4. The van der Waals surface area contributed by atoms with Gasteiger partial charge in [-0.3, -0.25) is 9.59 Å². The van der Waals surface area contributed by atoms with E-state index in [-0.39, 0.29) is 35.3 Å². The van der Waals surface area contributed by atoms with Crippen LogP contribution in [0.4, 0.5) is 0 Å². The van der Waals surface area contributed by atoms with E-state index in [0.717, 1.165) is 49.0 Å². The fourth-order valence-electron chi connectivity index (χ4n) is 5.96. The lowest BCUT2D eigenvalue weighted by Crippen LogP contribution is -2.38. The molecule has 4 rings (SSSR count). The number of nitrogens with two attached hydrogens (primary N) is 1. The van der Waals surface area contributed by atoms with Crippen LogP contribution in [0, 0.1) is 11.3 Å². The van der Waals surface area contributed by atoms with E-state index in [1.165, 1.54) is 37.4 Å². The SMILES string of the molecule is C=C.C=O.CC.CCC(C)(C)C[C@H](C)C(=O)N[C@@H]1CCC(Oc2cccc(CC(=O)NC)c2-c2ccccc2C2CCC2)C1.CN. The summed E-state index contributed by atoms with van der Waals surface area (Å²) in [5.41, 5.74) is 9.24. The molecule has 0 heterocycles. The Balaban J connectivity index is 0.00000235. The standard InChI is InChI=1S/C33H46N2O3.C2H6.C2H4.CH5N.CH2O/c1-6-33(3,4)21-22(2)32(37)35-25-17-18-26(20-25)38-29-16-10-13-24(19-30(36)34-5)31(29)28-15-8-7-14-27(28)23-11-9-12-23;4*1-2/h7-8,10,13-16,22-23,25-26H,6,9,11-12,17-21H2,1-5H3,(H,34,36)(H,35,37);1-2H3;1-2H2;2H2,1H3;1H2/t22-,25+,26?;;;;/m0..../s1. The number of benzene rings is 2. The molecule has 0 saturated heterocycles. The fraction of sp³-hybridized carbons (Fsp3) is 0.564. The van der Waals surface area contributed by atoms with Crippen molar-refractivity contribution in [2.24, 2.45) is 17.1 Å². The molecule has 2 fully saturated rings. The topological polar surface area (TPSA) is 111 Å². The zero-order chi connectivity index (χ0) is 35.3. The molecule has 0 aliphatic heterocycles. The molecule has 1 unspecified atom stereocenters. The van der Waals surface area contributed by atoms with Gasteiger partial charge >= 0.3 is 0 Å². The van der Waals surface area contributed by atoms with Gasteiger partial charge in [-0.2, -0.15) is 0 Å². The number of hydrogen-bond donors (Lipinski definition) is 3. The maximum absolute atomic E-state index is 12.9. The molecule has 46 heavy (non-hydrogen) atoms. The summed E-state index contributed by atoms with van der Waals surface area (Å²) in [4.78, 5) is 33.3. The Morgan fingerprint density at radius 2 is 1.63 bits per heavy atom. The Morgan fingerprint density at radius 1 is 1.00 bits per heavy atom. The van der Waals surface area contributed by atoms with Crippen molar-refractivity contribution in [3.05, 3.63) is 66.7 Å². The van der Waals surface area contributed by atoms with Gasteiger partial charge in [-0.15, -0.1) is 13.2 Å².